The van der Waals surface area contributed by atoms with Crippen LogP contribution >= 0.6 is 0 Å². The van der Waals surface area contributed by atoms with Crippen molar-refractivity contribution in [3.05, 3.63) is 34.9 Å². The lowest BCUT2D eigenvalue weighted by Gasteiger charge is -2.03. The van der Waals surface area contributed by atoms with Gasteiger partial charge < -0.3 is 4.74 Å². The van der Waals surface area contributed by atoms with Crippen molar-refractivity contribution >= 4 is 5.57 Å². The monoisotopic (exact) mass is 184 g/mol. The van der Waals surface area contributed by atoms with Crippen LogP contribution in [0.1, 0.15) is 18.1 Å². The van der Waals surface area contributed by atoms with Crippen molar-refractivity contribution in [1.82, 2.24) is 0 Å². The summed E-state index contributed by atoms with van der Waals surface area (Å²) in [6, 6.07) is 6.08. The van der Waals surface area contributed by atoms with Gasteiger partial charge in [-0.1, -0.05) is 17.6 Å². The smallest absolute Gasteiger partial charge is 0.119 e. The highest BCUT2D eigenvalue weighted by Gasteiger charge is 2.17. The second kappa shape index (κ2) is 3.23. The van der Waals surface area contributed by atoms with E-state index in [0.717, 1.165) is 23.3 Å². The summed E-state index contributed by atoms with van der Waals surface area (Å²) in [5.74, 6) is 3.61. The fourth-order valence-electron chi connectivity index (χ4n) is 1.87. The maximum Gasteiger partial charge on any atom is 0.119 e. The summed E-state index contributed by atoms with van der Waals surface area (Å²) < 4.78 is 5.18. The highest BCUT2D eigenvalue weighted by molar-refractivity contribution is 5.86. The van der Waals surface area contributed by atoms with Crippen molar-refractivity contribution in [3.8, 4) is 18.1 Å². The first-order valence-electron chi connectivity index (χ1n) is 4.60. The summed E-state index contributed by atoms with van der Waals surface area (Å²) >= 11 is 0. The van der Waals surface area contributed by atoms with Crippen LogP contribution in [0.2, 0.25) is 0 Å². The van der Waals surface area contributed by atoms with Gasteiger partial charge in [-0.2, -0.15) is 0 Å². The zero-order valence-electron chi connectivity index (χ0n) is 8.42. The first-order chi connectivity index (χ1) is 6.76. The van der Waals surface area contributed by atoms with Gasteiger partial charge in [0.1, 0.15) is 5.75 Å². The molecule has 1 aromatic carbocycles. The molecule has 1 aliphatic carbocycles. The molecule has 0 fully saturated rings. The van der Waals surface area contributed by atoms with Gasteiger partial charge in [-0.3, -0.25) is 0 Å². The topological polar surface area (TPSA) is 9.23 Å². The number of rotatable bonds is 1. The van der Waals surface area contributed by atoms with E-state index in [-0.39, 0.29) is 0 Å². The molecule has 0 N–H and O–H groups in total. The third-order valence-corrected chi connectivity index (χ3v) is 2.61. The molecule has 0 aromatic heterocycles. The Bertz CT molecular complexity index is 447. The van der Waals surface area contributed by atoms with Gasteiger partial charge in [-0.15, -0.1) is 6.42 Å². The molecule has 2 rings (SSSR count). The minimum Gasteiger partial charge on any atom is -0.497 e. The Balaban J connectivity index is 2.56. The zero-order valence-corrected chi connectivity index (χ0v) is 8.42. The number of hydrogen-bond acceptors (Lipinski definition) is 1. The van der Waals surface area contributed by atoms with Crippen molar-refractivity contribution in [3.63, 3.8) is 0 Å². The molecular formula is C13H12O. The van der Waals surface area contributed by atoms with Crippen LogP contribution in [0.3, 0.4) is 0 Å². The van der Waals surface area contributed by atoms with Crippen LogP contribution in [-0.4, -0.2) is 7.11 Å². The third-order valence-electron chi connectivity index (χ3n) is 2.61. The van der Waals surface area contributed by atoms with Crippen LogP contribution in [0.15, 0.2) is 23.8 Å². The first-order valence-corrected chi connectivity index (χ1v) is 4.60. The van der Waals surface area contributed by atoms with Gasteiger partial charge in [0.2, 0.25) is 0 Å². The van der Waals surface area contributed by atoms with Crippen LogP contribution in [0, 0.1) is 12.3 Å². The lowest BCUT2D eigenvalue weighted by molar-refractivity contribution is 0.414. The molecule has 0 saturated heterocycles. The summed E-state index contributed by atoms with van der Waals surface area (Å²) in [5, 5.41) is 0. The number of ether oxygens (including phenoxy) is 1. The van der Waals surface area contributed by atoms with Crippen molar-refractivity contribution < 1.29 is 4.74 Å². The van der Waals surface area contributed by atoms with Crippen LogP contribution in [0.25, 0.3) is 5.57 Å². The van der Waals surface area contributed by atoms with Gasteiger partial charge >= 0.3 is 0 Å². The number of allylic oxidation sites excluding steroid dienone is 2. The molecule has 0 atom stereocenters. The molecule has 0 saturated carbocycles. The minimum atomic E-state index is 0.867. The fraction of sp³-hybridized carbons (Fsp3) is 0.231. The predicted octanol–water partition coefficient (Wildman–Crippen LogP) is 2.66. The molecule has 14 heavy (non-hydrogen) atoms. The molecule has 1 heteroatoms. The van der Waals surface area contributed by atoms with E-state index in [9.17, 15) is 0 Å². The lowest BCUT2D eigenvalue weighted by atomic mass is 10.1. The highest BCUT2D eigenvalue weighted by atomic mass is 16.5. The van der Waals surface area contributed by atoms with Crippen LogP contribution in [0.5, 0.6) is 5.75 Å². The second-order valence-corrected chi connectivity index (χ2v) is 3.50. The third kappa shape index (κ3) is 1.20. The van der Waals surface area contributed by atoms with Gasteiger partial charge in [0.05, 0.1) is 7.11 Å². The summed E-state index contributed by atoms with van der Waals surface area (Å²) in [6.45, 7) is 2.08. The average Bonchev–Trinajstić information content (AvgIpc) is 2.52. The quantitative estimate of drug-likeness (QED) is 0.610. The summed E-state index contributed by atoms with van der Waals surface area (Å²) in [5.41, 5.74) is 4.76. The lowest BCUT2D eigenvalue weighted by Crippen LogP contribution is -1.87. The normalized spacial score (nSPS) is 13.8. The zero-order chi connectivity index (χ0) is 10.1. The Morgan fingerprint density at radius 3 is 2.86 bits per heavy atom. The first kappa shape index (κ1) is 8.90. The molecule has 0 radical (unpaired) electrons. The van der Waals surface area contributed by atoms with Gasteiger partial charge in [-0.05, 0) is 36.6 Å². The van der Waals surface area contributed by atoms with Crippen LogP contribution in [0.4, 0.5) is 0 Å². The molecule has 0 bridgehead atoms. The summed E-state index contributed by atoms with van der Waals surface area (Å²) in [7, 11) is 1.67. The molecule has 0 amide bonds. The largest absolute Gasteiger partial charge is 0.497 e. The predicted molar refractivity (Wildman–Crippen MR) is 58.1 cm³/mol. The Kier molecular flexibility index (Phi) is 2.05. The van der Waals surface area contributed by atoms with E-state index in [0.29, 0.717) is 0 Å². The molecule has 1 nitrogen and oxygen atoms in total. The summed E-state index contributed by atoms with van der Waals surface area (Å²) in [4.78, 5) is 0. The van der Waals surface area contributed by atoms with Crippen molar-refractivity contribution in [1.29, 1.82) is 0 Å². The van der Waals surface area contributed by atoms with Crippen LogP contribution < -0.4 is 4.74 Å². The Hall–Kier alpha value is -1.68. The number of fused-ring (bicyclic) bond motifs is 1. The molecule has 0 spiro atoms. The SMILES string of the molecule is C#CC1=C(C)Cc2ccc(OC)cc21. The van der Waals surface area contributed by atoms with Gasteiger partial charge in [0.15, 0.2) is 0 Å². The Morgan fingerprint density at radius 1 is 1.43 bits per heavy atom. The van der Waals surface area contributed by atoms with E-state index in [1.54, 1.807) is 7.11 Å². The standard InChI is InChI=1S/C13H12O/c1-4-12-9(2)7-10-5-6-11(14-3)8-13(10)12/h1,5-6,8H,7H2,2-3H3. The maximum absolute atomic E-state index is 5.48. The van der Waals surface area contributed by atoms with E-state index in [4.69, 9.17) is 11.2 Å². The van der Waals surface area contributed by atoms with Crippen LogP contribution in [-0.2, 0) is 6.42 Å². The minimum absolute atomic E-state index is 0.867. The van der Waals surface area contributed by atoms with E-state index in [2.05, 4.69) is 18.9 Å². The molecule has 0 aliphatic heterocycles. The average molecular weight is 184 g/mol. The number of hydrogen-bond donors (Lipinski definition) is 0. The molecule has 1 aliphatic rings. The van der Waals surface area contributed by atoms with Gasteiger partial charge in [0, 0.05) is 5.57 Å². The Labute approximate surface area is 84.4 Å². The van der Waals surface area contributed by atoms with E-state index >= 15 is 0 Å². The molecule has 0 heterocycles. The number of terminal acetylenes is 1. The molecule has 70 valence electrons. The molecule has 0 unspecified atom stereocenters. The van der Waals surface area contributed by atoms with Crippen molar-refractivity contribution in [2.75, 3.05) is 7.11 Å². The number of benzene rings is 1. The Morgan fingerprint density at radius 2 is 2.21 bits per heavy atom. The van der Waals surface area contributed by atoms with E-state index in [1.165, 1.54) is 11.1 Å². The summed E-state index contributed by atoms with van der Waals surface area (Å²) in [6.07, 6.45) is 6.45. The second-order valence-electron chi connectivity index (χ2n) is 3.50. The molecule has 1 aromatic rings. The maximum atomic E-state index is 5.48. The van der Waals surface area contributed by atoms with Crippen molar-refractivity contribution in [2.45, 2.75) is 13.3 Å². The number of methoxy groups -OCH3 is 1. The van der Waals surface area contributed by atoms with E-state index in [1.807, 2.05) is 12.1 Å². The van der Waals surface area contributed by atoms with Gasteiger partial charge in [0.25, 0.3) is 0 Å². The molecular weight excluding hydrogens is 172 g/mol. The van der Waals surface area contributed by atoms with E-state index < -0.39 is 0 Å². The highest BCUT2D eigenvalue weighted by Crippen LogP contribution is 2.34. The van der Waals surface area contributed by atoms with Crippen molar-refractivity contribution in [2.24, 2.45) is 0 Å². The fourth-order valence-corrected chi connectivity index (χ4v) is 1.87. The van der Waals surface area contributed by atoms with Gasteiger partial charge in [-0.25, -0.2) is 0 Å².